The fourth-order valence-corrected chi connectivity index (χ4v) is 3.15. The summed E-state index contributed by atoms with van der Waals surface area (Å²) in [4.78, 5) is 32.6. The number of ether oxygens (including phenoxy) is 2. The Morgan fingerprint density at radius 1 is 1.08 bits per heavy atom. The molecule has 134 valence electrons. The van der Waals surface area contributed by atoms with Crippen molar-refractivity contribution in [2.75, 3.05) is 18.5 Å². The maximum atomic E-state index is 12.4. The van der Waals surface area contributed by atoms with Crippen molar-refractivity contribution in [3.05, 3.63) is 47.8 Å². The maximum absolute atomic E-state index is 12.4. The first-order valence-electron chi connectivity index (χ1n) is 8.09. The Labute approximate surface area is 154 Å². The molecule has 0 bridgehead atoms. The molecule has 0 unspecified atom stereocenters. The molecule has 26 heavy (non-hydrogen) atoms. The van der Waals surface area contributed by atoms with Crippen LogP contribution in [0, 0.1) is 0 Å². The molecule has 3 rings (SSSR count). The van der Waals surface area contributed by atoms with Gasteiger partial charge in [0.25, 0.3) is 5.91 Å². The smallest absolute Gasteiger partial charge is 0.356 e. The summed E-state index contributed by atoms with van der Waals surface area (Å²) >= 11 is 1.34. The molecule has 1 N–H and O–H groups in total. The molecule has 0 saturated carbocycles. The highest BCUT2D eigenvalue weighted by Gasteiger charge is 2.15. The summed E-state index contributed by atoms with van der Waals surface area (Å²) in [6.07, 6.45) is 0. The number of thiazole rings is 1. The average Bonchev–Trinajstić information content (AvgIpc) is 3.04. The van der Waals surface area contributed by atoms with Crippen molar-refractivity contribution in [3.8, 4) is 5.75 Å². The molecule has 0 fully saturated rings. The lowest BCUT2D eigenvalue weighted by Crippen LogP contribution is -2.16. The van der Waals surface area contributed by atoms with Gasteiger partial charge in [-0.1, -0.05) is 17.4 Å². The third kappa shape index (κ3) is 3.97. The fraction of sp³-hybridized carbons (Fsp3) is 0.222. The predicted molar refractivity (Wildman–Crippen MR) is 98.9 cm³/mol. The third-order valence-corrected chi connectivity index (χ3v) is 4.29. The van der Waals surface area contributed by atoms with Crippen molar-refractivity contribution in [1.82, 2.24) is 9.97 Å². The Hall–Kier alpha value is -3.00. The molecule has 0 radical (unpaired) electrons. The van der Waals surface area contributed by atoms with Crippen LogP contribution in [0.1, 0.15) is 34.8 Å². The molecule has 0 atom stereocenters. The van der Waals surface area contributed by atoms with Gasteiger partial charge in [-0.3, -0.25) is 10.1 Å². The molecule has 7 nitrogen and oxygen atoms in total. The van der Waals surface area contributed by atoms with E-state index in [1.807, 2.05) is 25.1 Å². The molecule has 1 amide bonds. The van der Waals surface area contributed by atoms with E-state index in [4.69, 9.17) is 9.47 Å². The Morgan fingerprint density at radius 2 is 1.88 bits per heavy atom. The van der Waals surface area contributed by atoms with Gasteiger partial charge < -0.3 is 9.47 Å². The van der Waals surface area contributed by atoms with Crippen LogP contribution in [0.2, 0.25) is 0 Å². The molecule has 8 heteroatoms. The number of aromatic nitrogens is 2. The van der Waals surface area contributed by atoms with Crippen LogP contribution < -0.4 is 10.1 Å². The van der Waals surface area contributed by atoms with E-state index in [0.29, 0.717) is 11.7 Å². The summed E-state index contributed by atoms with van der Waals surface area (Å²) < 4.78 is 11.3. The first kappa shape index (κ1) is 17.8. The number of nitrogens with zero attached hydrogens (tertiary/aromatic N) is 2. The van der Waals surface area contributed by atoms with Gasteiger partial charge in [-0.15, -0.1) is 0 Å². The van der Waals surface area contributed by atoms with Gasteiger partial charge in [-0.2, -0.15) is 0 Å². The number of nitrogens with one attached hydrogen (secondary N) is 1. The number of hydrogen-bond acceptors (Lipinski definition) is 7. The molecule has 3 aromatic rings. The molecule has 1 aromatic carbocycles. The van der Waals surface area contributed by atoms with Crippen LogP contribution in [0.5, 0.6) is 5.75 Å². The van der Waals surface area contributed by atoms with Crippen LogP contribution in [-0.4, -0.2) is 35.1 Å². The highest BCUT2D eigenvalue weighted by Crippen LogP contribution is 2.29. The zero-order valence-corrected chi connectivity index (χ0v) is 15.1. The highest BCUT2D eigenvalue weighted by atomic mass is 32.1. The maximum Gasteiger partial charge on any atom is 0.356 e. The topological polar surface area (TPSA) is 90.4 Å². The lowest BCUT2D eigenvalue weighted by molar-refractivity contribution is 0.0519. The van der Waals surface area contributed by atoms with E-state index in [2.05, 4.69) is 15.3 Å². The SMILES string of the molecule is CCOC(=O)c1cccc(C(=O)Nc2nc3ccc(OCC)cc3s2)n1. The molecule has 2 heterocycles. The van der Waals surface area contributed by atoms with Crippen molar-refractivity contribution in [3.63, 3.8) is 0 Å². The third-order valence-electron chi connectivity index (χ3n) is 3.36. The second-order valence-electron chi connectivity index (χ2n) is 5.16. The Balaban J connectivity index is 1.78. The van der Waals surface area contributed by atoms with Gasteiger partial charge in [0.2, 0.25) is 0 Å². The summed E-state index contributed by atoms with van der Waals surface area (Å²) in [5.74, 6) is -0.254. The minimum absolute atomic E-state index is 0.0881. The van der Waals surface area contributed by atoms with E-state index in [1.165, 1.54) is 23.5 Å². The first-order valence-corrected chi connectivity index (χ1v) is 8.91. The number of esters is 1. The van der Waals surface area contributed by atoms with Gasteiger partial charge in [0.1, 0.15) is 17.1 Å². The zero-order valence-electron chi connectivity index (χ0n) is 14.3. The summed E-state index contributed by atoms with van der Waals surface area (Å²) in [6, 6.07) is 10.2. The van der Waals surface area contributed by atoms with Crippen LogP contribution in [0.3, 0.4) is 0 Å². The minimum atomic E-state index is -0.564. The van der Waals surface area contributed by atoms with E-state index < -0.39 is 11.9 Å². The van der Waals surface area contributed by atoms with E-state index in [0.717, 1.165) is 16.0 Å². The normalized spacial score (nSPS) is 10.5. The van der Waals surface area contributed by atoms with Gasteiger partial charge >= 0.3 is 5.97 Å². The number of rotatable bonds is 6. The van der Waals surface area contributed by atoms with Crippen LogP contribution in [0.15, 0.2) is 36.4 Å². The van der Waals surface area contributed by atoms with Crippen LogP contribution in [0.25, 0.3) is 10.2 Å². The average molecular weight is 371 g/mol. The van der Waals surface area contributed by atoms with Crippen molar-refractivity contribution in [2.24, 2.45) is 0 Å². The van der Waals surface area contributed by atoms with Crippen LogP contribution in [0.4, 0.5) is 5.13 Å². The van der Waals surface area contributed by atoms with Crippen molar-refractivity contribution in [2.45, 2.75) is 13.8 Å². The van der Waals surface area contributed by atoms with Gasteiger partial charge in [-0.05, 0) is 44.2 Å². The van der Waals surface area contributed by atoms with E-state index in [9.17, 15) is 9.59 Å². The number of amides is 1. The monoisotopic (exact) mass is 371 g/mol. The molecular weight excluding hydrogens is 354 g/mol. The predicted octanol–water partition coefficient (Wildman–Crippen LogP) is 3.52. The molecular formula is C18H17N3O4S. The van der Waals surface area contributed by atoms with Crippen LogP contribution >= 0.6 is 11.3 Å². The number of pyridine rings is 1. The molecule has 0 saturated heterocycles. The summed E-state index contributed by atoms with van der Waals surface area (Å²) in [6.45, 7) is 4.45. The van der Waals surface area contributed by atoms with Gasteiger partial charge in [0.15, 0.2) is 5.13 Å². The number of fused-ring (bicyclic) bond motifs is 1. The minimum Gasteiger partial charge on any atom is -0.494 e. The number of benzene rings is 1. The Morgan fingerprint density at radius 3 is 2.65 bits per heavy atom. The molecule has 0 aliphatic rings. The van der Waals surface area contributed by atoms with E-state index >= 15 is 0 Å². The van der Waals surface area contributed by atoms with E-state index in [-0.39, 0.29) is 18.0 Å². The largest absolute Gasteiger partial charge is 0.494 e. The second kappa shape index (κ2) is 7.92. The lowest BCUT2D eigenvalue weighted by atomic mass is 10.3. The molecule has 0 aliphatic heterocycles. The number of anilines is 1. The number of carbonyl (C=O) groups is 2. The Bertz CT molecular complexity index is 955. The van der Waals surface area contributed by atoms with Gasteiger partial charge in [-0.25, -0.2) is 14.8 Å². The van der Waals surface area contributed by atoms with Gasteiger partial charge in [0.05, 0.1) is 23.4 Å². The highest BCUT2D eigenvalue weighted by molar-refractivity contribution is 7.22. The second-order valence-corrected chi connectivity index (χ2v) is 6.19. The fourth-order valence-electron chi connectivity index (χ4n) is 2.26. The summed E-state index contributed by atoms with van der Waals surface area (Å²) in [7, 11) is 0. The zero-order chi connectivity index (χ0) is 18.5. The van der Waals surface area contributed by atoms with Gasteiger partial charge in [0, 0.05) is 0 Å². The molecule has 0 aliphatic carbocycles. The summed E-state index contributed by atoms with van der Waals surface area (Å²) in [5.41, 5.74) is 0.969. The molecule has 2 aromatic heterocycles. The number of carbonyl (C=O) groups excluding carboxylic acids is 2. The van der Waals surface area contributed by atoms with E-state index in [1.54, 1.807) is 13.0 Å². The number of hydrogen-bond donors (Lipinski definition) is 1. The van der Waals surface area contributed by atoms with Crippen molar-refractivity contribution < 1.29 is 19.1 Å². The lowest BCUT2D eigenvalue weighted by Gasteiger charge is -2.04. The Kier molecular flexibility index (Phi) is 5.43. The van der Waals surface area contributed by atoms with Crippen molar-refractivity contribution >= 4 is 38.6 Å². The van der Waals surface area contributed by atoms with Crippen LogP contribution in [-0.2, 0) is 4.74 Å². The standard InChI is InChI=1S/C18H17N3O4S/c1-3-24-11-8-9-12-15(10-11)26-18(20-12)21-16(22)13-6-5-7-14(19-13)17(23)25-4-2/h5-10H,3-4H2,1-2H3,(H,20,21,22). The first-order chi connectivity index (χ1) is 12.6. The van der Waals surface area contributed by atoms with Crippen molar-refractivity contribution in [1.29, 1.82) is 0 Å². The quantitative estimate of drug-likeness (QED) is 0.667. The summed E-state index contributed by atoms with van der Waals surface area (Å²) in [5, 5.41) is 3.16. The molecule has 0 spiro atoms.